The van der Waals surface area contributed by atoms with Crippen molar-refractivity contribution in [3.8, 4) is 12.3 Å². The molecule has 0 saturated carbocycles. The molecule has 3 N–H and O–H groups in total. The van der Waals surface area contributed by atoms with Gasteiger partial charge in [0.1, 0.15) is 0 Å². The van der Waals surface area contributed by atoms with Crippen molar-refractivity contribution in [3.05, 3.63) is 35.4 Å². The molecule has 0 saturated heterocycles. The van der Waals surface area contributed by atoms with E-state index in [1.807, 2.05) is 6.92 Å². The minimum Gasteiger partial charge on any atom is -0.478 e. The largest absolute Gasteiger partial charge is 0.478 e. The Morgan fingerprint density at radius 2 is 2.00 bits per heavy atom. The molecule has 1 unspecified atom stereocenters. The van der Waals surface area contributed by atoms with Crippen LogP contribution in [0.3, 0.4) is 0 Å². The number of benzene rings is 1. The first-order valence-electron chi connectivity index (χ1n) is 6.39. The van der Waals surface area contributed by atoms with Gasteiger partial charge in [0.2, 0.25) is 0 Å². The molecule has 0 aliphatic carbocycles. The molecule has 0 spiro atoms. The molecule has 2 amide bonds. The third-order valence-corrected chi connectivity index (χ3v) is 2.74. The summed E-state index contributed by atoms with van der Waals surface area (Å²) in [4.78, 5) is 22.3. The zero-order valence-electron chi connectivity index (χ0n) is 11.3. The van der Waals surface area contributed by atoms with E-state index < -0.39 is 5.97 Å². The van der Waals surface area contributed by atoms with Crippen LogP contribution in [0, 0.1) is 12.3 Å². The first-order chi connectivity index (χ1) is 9.56. The van der Waals surface area contributed by atoms with Crippen molar-refractivity contribution in [3.63, 3.8) is 0 Å². The molecular formula is C15H18N2O3. The summed E-state index contributed by atoms with van der Waals surface area (Å²) in [6.07, 6.45) is 6.94. The lowest BCUT2D eigenvalue weighted by atomic mass is 10.1. The van der Waals surface area contributed by atoms with Crippen LogP contribution < -0.4 is 10.6 Å². The highest BCUT2D eigenvalue weighted by Gasteiger charge is 2.08. The number of hydrogen-bond acceptors (Lipinski definition) is 2. The number of nitrogens with one attached hydrogen (secondary N) is 2. The Labute approximate surface area is 118 Å². The Morgan fingerprint density at radius 3 is 2.50 bits per heavy atom. The topological polar surface area (TPSA) is 78.4 Å². The zero-order valence-corrected chi connectivity index (χ0v) is 11.3. The first kappa shape index (κ1) is 15.6. The number of carboxylic acid groups (broad SMARTS) is 1. The van der Waals surface area contributed by atoms with Gasteiger partial charge in [0.25, 0.3) is 0 Å². The Hall–Kier alpha value is -2.48. The van der Waals surface area contributed by atoms with Crippen LogP contribution in [0.15, 0.2) is 24.3 Å². The molecule has 0 fully saturated rings. The van der Waals surface area contributed by atoms with Gasteiger partial charge in [-0.3, -0.25) is 0 Å². The van der Waals surface area contributed by atoms with Crippen LogP contribution in [-0.4, -0.2) is 23.1 Å². The number of hydrogen-bond donors (Lipinski definition) is 3. The standard InChI is InChI=1S/C15H18N2O3/c1-3-5-13(4-2)17-15(20)16-10-11-6-8-12(9-7-11)14(18)19/h2,6-9,13H,3,5,10H2,1H3,(H,18,19)(H2,16,17,20). The molecule has 1 atom stereocenters. The SMILES string of the molecule is C#CC(CCC)NC(=O)NCc1ccc(C(=O)O)cc1. The Morgan fingerprint density at radius 1 is 1.35 bits per heavy atom. The fourth-order valence-electron chi connectivity index (χ4n) is 1.64. The lowest BCUT2D eigenvalue weighted by Crippen LogP contribution is -2.41. The number of terminal acetylenes is 1. The predicted octanol–water partition coefficient (Wildman–Crippen LogP) is 1.99. The summed E-state index contributed by atoms with van der Waals surface area (Å²) >= 11 is 0. The van der Waals surface area contributed by atoms with Gasteiger partial charge < -0.3 is 15.7 Å². The van der Waals surface area contributed by atoms with Gasteiger partial charge in [-0.25, -0.2) is 9.59 Å². The van der Waals surface area contributed by atoms with E-state index in [9.17, 15) is 9.59 Å². The van der Waals surface area contributed by atoms with E-state index in [-0.39, 0.29) is 17.6 Å². The summed E-state index contributed by atoms with van der Waals surface area (Å²) in [5.41, 5.74) is 1.03. The number of urea groups is 1. The summed E-state index contributed by atoms with van der Waals surface area (Å²) in [5, 5.41) is 14.1. The molecule has 0 bridgehead atoms. The van der Waals surface area contributed by atoms with E-state index in [0.717, 1.165) is 18.4 Å². The van der Waals surface area contributed by atoms with E-state index >= 15 is 0 Å². The number of carbonyl (C=O) groups is 2. The molecule has 1 rings (SSSR count). The molecule has 0 aliphatic rings. The highest BCUT2D eigenvalue weighted by molar-refractivity contribution is 5.87. The van der Waals surface area contributed by atoms with E-state index in [2.05, 4.69) is 16.6 Å². The van der Waals surface area contributed by atoms with Crippen molar-refractivity contribution < 1.29 is 14.7 Å². The lowest BCUT2D eigenvalue weighted by molar-refractivity contribution is 0.0697. The van der Waals surface area contributed by atoms with E-state index in [1.165, 1.54) is 12.1 Å². The lowest BCUT2D eigenvalue weighted by Gasteiger charge is -2.13. The maximum Gasteiger partial charge on any atom is 0.335 e. The minimum atomic E-state index is -0.973. The number of carboxylic acids is 1. The fraction of sp³-hybridized carbons (Fsp3) is 0.333. The first-order valence-corrected chi connectivity index (χ1v) is 6.39. The zero-order chi connectivity index (χ0) is 15.0. The van der Waals surface area contributed by atoms with Crippen molar-refractivity contribution >= 4 is 12.0 Å². The van der Waals surface area contributed by atoms with Gasteiger partial charge in [-0.05, 0) is 24.1 Å². The molecule has 1 aromatic carbocycles. The van der Waals surface area contributed by atoms with Gasteiger partial charge >= 0.3 is 12.0 Å². The smallest absolute Gasteiger partial charge is 0.335 e. The Balaban J connectivity index is 2.44. The van der Waals surface area contributed by atoms with Gasteiger partial charge in [0.05, 0.1) is 11.6 Å². The highest BCUT2D eigenvalue weighted by Crippen LogP contribution is 2.04. The van der Waals surface area contributed by atoms with Crippen LogP contribution in [0.25, 0.3) is 0 Å². The average Bonchev–Trinajstić information content (AvgIpc) is 2.45. The third kappa shape index (κ3) is 5.02. The van der Waals surface area contributed by atoms with Crippen LogP contribution in [-0.2, 0) is 6.54 Å². The van der Waals surface area contributed by atoms with Crippen molar-refractivity contribution in [2.45, 2.75) is 32.4 Å². The number of carbonyl (C=O) groups excluding carboxylic acids is 1. The van der Waals surface area contributed by atoms with Gasteiger partial charge in [-0.1, -0.05) is 31.4 Å². The second kappa shape index (κ2) is 7.85. The molecule has 0 radical (unpaired) electrons. The number of rotatable bonds is 6. The molecule has 20 heavy (non-hydrogen) atoms. The molecule has 106 valence electrons. The van der Waals surface area contributed by atoms with Crippen LogP contribution in [0.4, 0.5) is 4.79 Å². The van der Waals surface area contributed by atoms with Gasteiger partial charge in [-0.15, -0.1) is 6.42 Å². The van der Waals surface area contributed by atoms with Crippen LogP contribution in [0.5, 0.6) is 0 Å². The molecule has 5 nitrogen and oxygen atoms in total. The van der Waals surface area contributed by atoms with Gasteiger partial charge in [0, 0.05) is 6.54 Å². The van der Waals surface area contributed by atoms with E-state index in [4.69, 9.17) is 11.5 Å². The predicted molar refractivity (Wildman–Crippen MR) is 76.3 cm³/mol. The Bertz CT molecular complexity index is 503. The molecule has 0 aromatic heterocycles. The molecular weight excluding hydrogens is 256 g/mol. The molecule has 1 aromatic rings. The van der Waals surface area contributed by atoms with Gasteiger partial charge in [0.15, 0.2) is 0 Å². The monoisotopic (exact) mass is 274 g/mol. The van der Waals surface area contributed by atoms with Crippen molar-refractivity contribution in [1.82, 2.24) is 10.6 Å². The van der Waals surface area contributed by atoms with Crippen LogP contribution >= 0.6 is 0 Å². The second-order valence-electron chi connectivity index (χ2n) is 4.34. The van der Waals surface area contributed by atoms with Crippen molar-refractivity contribution in [2.24, 2.45) is 0 Å². The summed E-state index contributed by atoms with van der Waals surface area (Å²) in [5.74, 6) is 1.54. The molecule has 0 heterocycles. The summed E-state index contributed by atoms with van der Waals surface area (Å²) in [6.45, 7) is 2.31. The maximum absolute atomic E-state index is 11.6. The number of amides is 2. The highest BCUT2D eigenvalue weighted by atomic mass is 16.4. The van der Waals surface area contributed by atoms with Crippen LogP contribution in [0.2, 0.25) is 0 Å². The average molecular weight is 274 g/mol. The molecule has 0 aliphatic heterocycles. The van der Waals surface area contributed by atoms with Crippen molar-refractivity contribution in [1.29, 1.82) is 0 Å². The van der Waals surface area contributed by atoms with Crippen LogP contribution in [0.1, 0.15) is 35.7 Å². The summed E-state index contributed by atoms with van der Waals surface area (Å²) < 4.78 is 0. The number of aromatic carboxylic acids is 1. The minimum absolute atomic E-state index is 0.216. The van der Waals surface area contributed by atoms with E-state index in [0.29, 0.717) is 6.54 Å². The van der Waals surface area contributed by atoms with Gasteiger partial charge in [-0.2, -0.15) is 0 Å². The molecule has 5 heteroatoms. The maximum atomic E-state index is 11.6. The quantitative estimate of drug-likeness (QED) is 0.694. The fourth-order valence-corrected chi connectivity index (χ4v) is 1.64. The van der Waals surface area contributed by atoms with E-state index in [1.54, 1.807) is 12.1 Å². The normalized spacial score (nSPS) is 11.2. The van der Waals surface area contributed by atoms with Crippen molar-refractivity contribution in [2.75, 3.05) is 0 Å². The summed E-state index contributed by atoms with van der Waals surface area (Å²) in [6, 6.07) is 5.72. The summed E-state index contributed by atoms with van der Waals surface area (Å²) in [7, 11) is 0. The second-order valence-corrected chi connectivity index (χ2v) is 4.34. The third-order valence-electron chi connectivity index (χ3n) is 2.74. The Kier molecular flexibility index (Phi) is 6.11.